The summed E-state index contributed by atoms with van der Waals surface area (Å²) in [4.78, 5) is 0. The molecule has 0 aliphatic carbocycles. The van der Waals surface area contributed by atoms with Gasteiger partial charge in [0.05, 0.1) is 11.1 Å². The van der Waals surface area contributed by atoms with Crippen molar-refractivity contribution in [1.82, 2.24) is 5.32 Å². The van der Waals surface area contributed by atoms with Crippen molar-refractivity contribution in [3.05, 3.63) is 52.0 Å². The third-order valence-electron chi connectivity index (χ3n) is 3.60. The second-order valence-corrected chi connectivity index (χ2v) is 5.29. The van der Waals surface area contributed by atoms with E-state index in [2.05, 4.69) is 5.32 Å². The average molecular weight is 292 g/mol. The molecule has 2 aromatic carbocycles. The first-order valence-corrected chi connectivity index (χ1v) is 6.70. The van der Waals surface area contributed by atoms with Gasteiger partial charge in [0.1, 0.15) is 5.75 Å². The minimum Gasteiger partial charge on any atom is -0.506 e. The molecular formula is C15H14ClNO3. The van der Waals surface area contributed by atoms with E-state index in [-0.39, 0.29) is 23.3 Å². The molecule has 5 heteroatoms. The highest BCUT2D eigenvalue weighted by molar-refractivity contribution is 6.32. The Balaban J connectivity index is 2.09. The van der Waals surface area contributed by atoms with E-state index in [1.54, 1.807) is 30.3 Å². The Morgan fingerprint density at radius 3 is 2.50 bits per heavy atom. The summed E-state index contributed by atoms with van der Waals surface area (Å²) in [6, 6.07) is 8.09. The fourth-order valence-electron chi connectivity index (χ4n) is 2.58. The SMILES string of the molecule is Oc1cc2c(cc1O)C(c1ccc(O)c(Cl)c1)NCC2. The molecule has 104 valence electrons. The molecule has 0 radical (unpaired) electrons. The maximum absolute atomic E-state index is 9.69. The van der Waals surface area contributed by atoms with Crippen LogP contribution < -0.4 is 5.32 Å². The van der Waals surface area contributed by atoms with Gasteiger partial charge in [0.25, 0.3) is 0 Å². The summed E-state index contributed by atoms with van der Waals surface area (Å²) in [5.41, 5.74) is 2.81. The molecule has 0 fully saturated rings. The van der Waals surface area contributed by atoms with E-state index in [1.807, 2.05) is 0 Å². The van der Waals surface area contributed by atoms with Gasteiger partial charge in [0, 0.05) is 6.54 Å². The largest absolute Gasteiger partial charge is 0.506 e. The highest BCUT2D eigenvalue weighted by atomic mass is 35.5. The van der Waals surface area contributed by atoms with Crippen LogP contribution in [0.5, 0.6) is 17.2 Å². The van der Waals surface area contributed by atoms with Gasteiger partial charge in [0.2, 0.25) is 0 Å². The van der Waals surface area contributed by atoms with Gasteiger partial charge in [-0.2, -0.15) is 0 Å². The van der Waals surface area contributed by atoms with Crippen LogP contribution in [0.25, 0.3) is 0 Å². The minimum absolute atomic E-state index is 0.0417. The molecule has 1 atom stereocenters. The zero-order valence-corrected chi connectivity index (χ0v) is 11.4. The predicted molar refractivity (Wildman–Crippen MR) is 76.4 cm³/mol. The lowest BCUT2D eigenvalue weighted by atomic mass is 9.89. The Bertz CT molecular complexity index is 672. The summed E-state index contributed by atoms with van der Waals surface area (Å²) in [5, 5.41) is 32.4. The Morgan fingerprint density at radius 2 is 1.75 bits per heavy atom. The maximum Gasteiger partial charge on any atom is 0.157 e. The lowest BCUT2D eigenvalue weighted by Crippen LogP contribution is -2.30. The number of halogens is 1. The molecule has 1 aliphatic rings. The second kappa shape index (κ2) is 4.89. The fourth-order valence-corrected chi connectivity index (χ4v) is 2.77. The van der Waals surface area contributed by atoms with E-state index in [0.717, 1.165) is 29.7 Å². The lowest BCUT2D eigenvalue weighted by molar-refractivity contribution is 0.400. The molecule has 0 saturated heterocycles. The molecule has 1 aliphatic heterocycles. The highest BCUT2D eigenvalue weighted by Gasteiger charge is 2.23. The standard InChI is InChI=1S/C15H14ClNO3/c16-11-5-9(1-2-12(11)18)15-10-7-14(20)13(19)6-8(10)3-4-17-15/h1-2,5-7,15,17-20H,3-4H2. The number of aromatic hydroxyl groups is 3. The van der Waals surface area contributed by atoms with Crippen LogP contribution in [0.3, 0.4) is 0 Å². The van der Waals surface area contributed by atoms with Crippen molar-refractivity contribution in [1.29, 1.82) is 0 Å². The van der Waals surface area contributed by atoms with Crippen molar-refractivity contribution in [2.24, 2.45) is 0 Å². The maximum atomic E-state index is 9.69. The van der Waals surface area contributed by atoms with Crippen LogP contribution in [0.4, 0.5) is 0 Å². The Kier molecular flexibility index (Phi) is 3.20. The monoisotopic (exact) mass is 291 g/mol. The Hall–Kier alpha value is -1.91. The number of phenolic OH excluding ortho intramolecular Hbond substituents is 3. The minimum atomic E-state index is -0.137. The van der Waals surface area contributed by atoms with E-state index >= 15 is 0 Å². The van der Waals surface area contributed by atoms with E-state index in [0.29, 0.717) is 5.02 Å². The van der Waals surface area contributed by atoms with Gasteiger partial charge in [-0.15, -0.1) is 0 Å². The molecule has 3 rings (SSSR count). The molecule has 0 bridgehead atoms. The molecule has 0 aromatic heterocycles. The van der Waals surface area contributed by atoms with Crippen LogP contribution in [-0.2, 0) is 6.42 Å². The van der Waals surface area contributed by atoms with Crippen LogP contribution in [0.15, 0.2) is 30.3 Å². The lowest BCUT2D eigenvalue weighted by Gasteiger charge is -2.28. The third kappa shape index (κ3) is 2.17. The zero-order valence-electron chi connectivity index (χ0n) is 10.6. The molecule has 4 nitrogen and oxygen atoms in total. The molecule has 4 N–H and O–H groups in total. The summed E-state index contributed by atoms with van der Waals surface area (Å²) in [7, 11) is 0. The van der Waals surface area contributed by atoms with E-state index < -0.39 is 0 Å². The second-order valence-electron chi connectivity index (χ2n) is 4.89. The summed E-state index contributed by atoms with van der Waals surface area (Å²) in [6.45, 7) is 0.764. The predicted octanol–water partition coefficient (Wildman–Crippen LogP) is 2.69. The molecule has 0 saturated carbocycles. The topological polar surface area (TPSA) is 72.7 Å². The van der Waals surface area contributed by atoms with Gasteiger partial charge >= 0.3 is 0 Å². The first-order valence-electron chi connectivity index (χ1n) is 6.33. The smallest absolute Gasteiger partial charge is 0.157 e. The van der Waals surface area contributed by atoms with Gasteiger partial charge in [-0.3, -0.25) is 0 Å². The van der Waals surface area contributed by atoms with E-state index in [9.17, 15) is 15.3 Å². The summed E-state index contributed by atoms with van der Waals surface area (Å²) in [6.07, 6.45) is 0.783. The summed E-state index contributed by atoms with van der Waals surface area (Å²) in [5.74, 6) is -0.199. The van der Waals surface area contributed by atoms with Crippen molar-refractivity contribution < 1.29 is 15.3 Å². The molecular weight excluding hydrogens is 278 g/mol. The number of hydrogen-bond donors (Lipinski definition) is 4. The molecule has 1 heterocycles. The van der Waals surface area contributed by atoms with Crippen LogP contribution >= 0.6 is 11.6 Å². The van der Waals surface area contributed by atoms with E-state index in [4.69, 9.17) is 11.6 Å². The number of benzene rings is 2. The molecule has 20 heavy (non-hydrogen) atoms. The van der Waals surface area contributed by atoms with Crippen molar-refractivity contribution in [2.75, 3.05) is 6.54 Å². The van der Waals surface area contributed by atoms with Gasteiger partial charge in [0.15, 0.2) is 11.5 Å². The molecule has 2 aromatic rings. The fraction of sp³-hybridized carbons (Fsp3) is 0.200. The molecule has 0 spiro atoms. The molecule has 1 unspecified atom stereocenters. The van der Waals surface area contributed by atoms with Gasteiger partial charge in [-0.05, 0) is 47.4 Å². The van der Waals surface area contributed by atoms with Crippen molar-refractivity contribution in [3.63, 3.8) is 0 Å². The van der Waals surface area contributed by atoms with Crippen molar-refractivity contribution in [3.8, 4) is 17.2 Å². The summed E-state index contributed by atoms with van der Waals surface area (Å²) >= 11 is 5.95. The van der Waals surface area contributed by atoms with Crippen LogP contribution in [0, 0.1) is 0 Å². The average Bonchev–Trinajstić information content (AvgIpc) is 2.43. The Morgan fingerprint density at radius 1 is 1.00 bits per heavy atom. The third-order valence-corrected chi connectivity index (χ3v) is 3.90. The van der Waals surface area contributed by atoms with Crippen molar-refractivity contribution >= 4 is 11.6 Å². The number of nitrogens with one attached hydrogen (secondary N) is 1. The van der Waals surface area contributed by atoms with E-state index in [1.165, 1.54) is 0 Å². The zero-order chi connectivity index (χ0) is 14.3. The molecule has 0 amide bonds. The van der Waals surface area contributed by atoms with Crippen LogP contribution in [-0.4, -0.2) is 21.9 Å². The van der Waals surface area contributed by atoms with Crippen LogP contribution in [0.2, 0.25) is 5.02 Å². The first kappa shape index (κ1) is 13.1. The quantitative estimate of drug-likeness (QED) is 0.610. The van der Waals surface area contributed by atoms with Gasteiger partial charge in [-0.1, -0.05) is 17.7 Å². The highest BCUT2D eigenvalue weighted by Crippen LogP contribution is 2.37. The number of hydrogen-bond acceptors (Lipinski definition) is 4. The number of phenols is 3. The first-order chi connectivity index (χ1) is 9.56. The van der Waals surface area contributed by atoms with Gasteiger partial charge < -0.3 is 20.6 Å². The summed E-state index contributed by atoms with van der Waals surface area (Å²) < 4.78 is 0. The Labute approximate surface area is 121 Å². The van der Waals surface area contributed by atoms with Gasteiger partial charge in [-0.25, -0.2) is 0 Å². The number of rotatable bonds is 1. The normalized spacial score (nSPS) is 17.8. The van der Waals surface area contributed by atoms with Crippen molar-refractivity contribution in [2.45, 2.75) is 12.5 Å². The number of fused-ring (bicyclic) bond motifs is 1. The van der Waals surface area contributed by atoms with Crippen LogP contribution in [0.1, 0.15) is 22.7 Å².